The molecule has 0 amide bonds. The van der Waals surface area contributed by atoms with Crippen molar-refractivity contribution in [2.75, 3.05) is 0 Å². The SMILES string of the molecule is CC(C)(C)[C@H]1CC[C@H](Oc2ccc3cc(C(=O)C(F)(F)F)ccc3c2)CC1. The minimum absolute atomic E-state index is 0.173. The molecule has 1 aliphatic carbocycles. The number of Topliss-reactive ketones (excluding diaryl/α,β-unsaturated/α-hetero) is 1. The Hall–Kier alpha value is -2.04. The van der Waals surface area contributed by atoms with E-state index in [4.69, 9.17) is 4.74 Å². The van der Waals surface area contributed by atoms with Crippen LogP contribution in [0.1, 0.15) is 56.8 Å². The van der Waals surface area contributed by atoms with Crippen LogP contribution in [0.25, 0.3) is 10.8 Å². The molecule has 0 spiro atoms. The maximum absolute atomic E-state index is 12.6. The van der Waals surface area contributed by atoms with Gasteiger partial charge in [0.05, 0.1) is 6.10 Å². The molecule has 146 valence electrons. The quantitative estimate of drug-likeness (QED) is 0.565. The standard InChI is InChI=1S/C22H25F3O2/c1-21(2,3)17-7-10-18(11-8-17)27-19-9-6-14-12-16(5-4-15(14)13-19)20(26)22(23,24)25/h4-6,9,12-13,17-18H,7-8,10-11H2,1-3H3/t17-,18-. The smallest absolute Gasteiger partial charge is 0.454 e. The minimum Gasteiger partial charge on any atom is -0.490 e. The Kier molecular flexibility index (Phi) is 5.24. The van der Waals surface area contributed by atoms with E-state index in [1.165, 1.54) is 18.2 Å². The molecule has 0 saturated heterocycles. The number of carbonyl (C=O) groups excluding carboxylic acids is 1. The van der Waals surface area contributed by atoms with Gasteiger partial charge in [0, 0.05) is 5.56 Å². The van der Waals surface area contributed by atoms with Crippen molar-refractivity contribution < 1.29 is 22.7 Å². The number of rotatable bonds is 3. The van der Waals surface area contributed by atoms with Crippen LogP contribution in [0.15, 0.2) is 36.4 Å². The molecule has 1 fully saturated rings. The molecule has 2 aromatic rings. The number of alkyl halides is 3. The Morgan fingerprint density at radius 2 is 1.52 bits per heavy atom. The van der Waals surface area contributed by atoms with Gasteiger partial charge >= 0.3 is 6.18 Å². The number of halogens is 3. The third-order valence-electron chi connectivity index (χ3n) is 5.53. The first kappa shape index (κ1) is 19.7. The molecular weight excluding hydrogens is 353 g/mol. The lowest BCUT2D eigenvalue weighted by atomic mass is 9.72. The number of benzene rings is 2. The van der Waals surface area contributed by atoms with Crippen molar-refractivity contribution in [3.8, 4) is 5.75 Å². The van der Waals surface area contributed by atoms with E-state index in [0.717, 1.165) is 36.8 Å². The third-order valence-corrected chi connectivity index (χ3v) is 5.53. The summed E-state index contributed by atoms with van der Waals surface area (Å²) in [5.74, 6) is -0.393. The van der Waals surface area contributed by atoms with Crippen LogP contribution in [-0.2, 0) is 0 Å². The van der Waals surface area contributed by atoms with Crippen molar-refractivity contribution in [1.82, 2.24) is 0 Å². The number of carbonyl (C=O) groups is 1. The van der Waals surface area contributed by atoms with Crippen molar-refractivity contribution in [3.05, 3.63) is 42.0 Å². The molecule has 0 aliphatic heterocycles. The van der Waals surface area contributed by atoms with Crippen molar-refractivity contribution in [2.24, 2.45) is 11.3 Å². The predicted molar refractivity (Wildman–Crippen MR) is 100 cm³/mol. The maximum Gasteiger partial charge on any atom is 0.454 e. The second kappa shape index (κ2) is 7.17. The molecule has 0 atom stereocenters. The van der Waals surface area contributed by atoms with Crippen LogP contribution in [0.5, 0.6) is 5.75 Å². The summed E-state index contributed by atoms with van der Waals surface area (Å²) in [6, 6.07) is 9.34. The molecule has 27 heavy (non-hydrogen) atoms. The van der Waals surface area contributed by atoms with Crippen molar-refractivity contribution in [3.63, 3.8) is 0 Å². The maximum atomic E-state index is 12.6. The van der Waals surface area contributed by atoms with E-state index in [-0.39, 0.29) is 11.7 Å². The summed E-state index contributed by atoms with van der Waals surface area (Å²) in [6.45, 7) is 6.83. The molecule has 0 bridgehead atoms. The zero-order valence-electron chi connectivity index (χ0n) is 15.9. The van der Waals surface area contributed by atoms with E-state index >= 15 is 0 Å². The molecule has 0 unspecified atom stereocenters. The lowest BCUT2D eigenvalue weighted by Crippen LogP contribution is -2.30. The van der Waals surface area contributed by atoms with Gasteiger partial charge in [0.2, 0.25) is 0 Å². The van der Waals surface area contributed by atoms with Crippen LogP contribution in [0.2, 0.25) is 0 Å². The van der Waals surface area contributed by atoms with Crippen molar-refractivity contribution in [2.45, 2.75) is 58.7 Å². The van der Waals surface area contributed by atoms with Gasteiger partial charge in [0.15, 0.2) is 0 Å². The van der Waals surface area contributed by atoms with E-state index < -0.39 is 12.0 Å². The van der Waals surface area contributed by atoms with Gasteiger partial charge in [-0.15, -0.1) is 0 Å². The highest BCUT2D eigenvalue weighted by molar-refractivity contribution is 6.03. The molecule has 5 heteroatoms. The summed E-state index contributed by atoms with van der Waals surface area (Å²) in [6.07, 6.45) is -0.372. The van der Waals surface area contributed by atoms with Gasteiger partial charge in [-0.2, -0.15) is 13.2 Å². The average Bonchev–Trinajstić information content (AvgIpc) is 2.59. The van der Waals surface area contributed by atoms with E-state index in [0.29, 0.717) is 16.7 Å². The van der Waals surface area contributed by atoms with Gasteiger partial charge in [0.1, 0.15) is 5.75 Å². The third kappa shape index (κ3) is 4.63. The van der Waals surface area contributed by atoms with Crippen LogP contribution in [0.3, 0.4) is 0 Å². The topological polar surface area (TPSA) is 26.3 Å². The Labute approximate surface area is 157 Å². The first-order valence-corrected chi connectivity index (χ1v) is 9.36. The second-order valence-electron chi connectivity index (χ2n) is 8.51. The molecule has 3 rings (SSSR count). The lowest BCUT2D eigenvalue weighted by molar-refractivity contribution is -0.0885. The largest absolute Gasteiger partial charge is 0.490 e. The highest BCUT2D eigenvalue weighted by Crippen LogP contribution is 2.39. The zero-order valence-corrected chi connectivity index (χ0v) is 15.9. The second-order valence-corrected chi connectivity index (χ2v) is 8.51. The van der Waals surface area contributed by atoms with E-state index in [9.17, 15) is 18.0 Å². The Balaban J connectivity index is 1.70. The van der Waals surface area contributed by atoms with E-state index in [1.54, 1.807) is 12.1 Å². The fraction of sp³-hybridized carbons (Fsp3) is 0.500. The molecule has 2 nitrogen and oxygen atoms in total. The van der Waals surface area contributed by atoms with E-state index in [1.807, 2.05) is 6.07 Å². The van der Waals surface area contributed by atoms with Gasteiger partial charge in [-0.3, -0.25) is 4.79 Å². The first-order valence-electron chi connectivity index (χ1n) is 9.36. The summed E-state index contributed by atoms with van der Waals surface area (Å²) in [5, 5.41) is 1.35. The van der Waals surface area contributed by atoms with Crippen LogP contribution >= 0.6 is 0 Å². The van der Waals surface area contributed by atoms with Gasteiger partial charge in [-0.1, -0.05) is 39.0 Å². The van der Waals surface area contributed by atoms with Crippen LogP contribution < -0.4 is 4.74 Å². The molecule has 1 saturated carbocycles. The van der Waals surface area contributed by atoms with E-state index in [2.05, 4.69) is 20.8 Å². The molecular formula is C22H25F3O2. The summed E-state index contributed by atoms with van der Waals surface area (Å²) in [5.41, 5.74) is -0.0244. The molecule has 0 N–H and O–H groups in total. The molecule has 0 aromatic heterocycles. The fourth-order valence-electron chi connectivity index (χ4n) is 3.84. The van der Waals surface area contributed by atoms with Gasteiger partial charge < -0.3 is 4.74 Å². The Morgan fingerprint density at radius 1 is 0.926 bits per heavy atom. The van der Waals surface area contributed by atoms with Crippen molar-refractivity contribution in [1.29, 1.82) is 0 Å². The Morgan fingerprint density at radius 3 is 2.11 bits per heavy atom. The molecule has 0 heterocycles. The first-order chi connectivity index (χ1) is 12.5. The van der Waals surface area contributed by atoms with Gasteiger partial charge in [0.25, 0.3) is 5.78 Å². The average molecular weight is 378 g/mol. The normalized spacial score (nSPS) is 21.3. The van der Waals surface area contributed by atoms with Crippen LogP contribution in [-0.4, -0.2) is 18.1 Å². The number of hydrogen-bond donors (Lipinski definition) is 0. The molecule has 2 aromatic carbocycles. The molecule has 0 radical (unpaired) electrons. The summed E-state index contributed by atoms with van der Waals surface area (Å²) >= 11 is 0. The summed E-state index contributed by atoms with van der Waals surface area (Å²) < 4.78 is 43.9. The fourth-order valence-corrected chi connectivity index (χ4v) is 3.84. The molecule has 1 aliphatic rings. The Bertz CT molecular complexity index is 826. The number of fused-ring (bicyclic) bond motifs is 1. The van der Waals surface area contributed by atoms with Crippen LogP contribution in [0, 0.1) is 11.3 Å². The van der Waals surface area contributed by atoms with Crippen LogP contribution in [0.4, 0.5) is 13.2 Å². The van der Waals surface area contributed by atoms with Crippen molar-refractivity contribution >= 4 is 16.6 Å². The predicted octanol–water partition coefficient (Wildman–Crippen LogP) is 6.57. The highest BCUT2D eigenvalue weighted by Gasteiger charge is 2.39. The summed E-state index contributed by atoms with van der Waals surface area (Å²) in [7, 11) is 0. The number of ether oxygens (including phenoxy) is 1. The summed E-state index contributed by atoms with van der Waals surface area (Å²) in [4.78, 5) is 11.4. The zero-order chi connectivity index (χ0) is 19.8. The number of hydrogen-bond acceptors (Lipinski definition) is 2. The minimum atomic E-state index is -4.86. The van der Waals surface area contributed by atoms with Gasteiger partial charge in [-0.25, -0.2) is 0 Å². The monoisotopic (exact) mass is 378 g/mol. The lowest BCUT2D eigenvalue weighted by Gasteiger charge is -2.37. The number of ketones is 1. The van der Waals surface area contributed by atoms with Gasteiger partial charge in [-0.05, 0) is 66.0 Å². The highest BCUT2D eigenvalue weighted by atomic mass is 19.4.